The molecule has 5 rings (SSSR count). The normalized spacial score (nSPS) is 16.3. The standard InChI is InChI=1S/C22H20N6O/c29-22(18-8-4-5-10-23-18)25-17-9-12-27(15-17)21-20-14-19(16-6-2-1-3-7-16)26-28(20)13-11-24-21/h1-8,10-11,13-14,17H,9,12,15H2,(H,25,29)/t17-/m0/s1. The van der Waals surface area contributed by atoms with Crippen LogP contribution in [0.25, 0.3) is 16.8 Å². The zero-order chi connectivity index (χ0) is 19.6. The summed E-state index contributed by atoms with van der Waals surface area (Å²) in [4.78, 5) is 23.3. The monoisotopic (exact) mass is 384 g/mol. The summed E-state index contributed by atoms with van der Waals surface area (Å²) < 4.78 is 1.87. The topological polar surface area (TPSA) is 75.4 Å². The number of aromatic nitrogens is 4. The van der Waals surface area contributed by atoms with Gasteiger partial charge in [-0.25, -0.2) is 9.50 Å². The van der Waals surface area contributed by atoms with Gasteiger partial charge < -0.3 is 10.2 Å². The first-order valence-electron chi connectivity index (χ1n) is 9.64. The van der Waals surface area contributed by atoms with E-state index in [-0.39, 0.29) is 11.9 Å². The molecule has 4 aromatic rings. The molecule has 29 heavy (non-hydrogen) atoms. The van der Waals surface area contributed by atoms with Gasteiger partial charge in [0.2, 0.25) is 0 Å². The number of benzene rings is 1. The third kappa shape index (κ3) is 3.42. The van der Waals surface area contributed by atoms with Gasteiger partial charge >= 0.3 is 0 Å². The van der Waals surface area contributed by atoms with Gasteiger partial charge in [-0.2, -0.15) is 5.10 Å². The highest BCUT2D eigenvalue weighted by Crippen LogP contribution is 2.27. The van der Waals surface area contributed by atoms with Crippen molar-refractivity contribution < 1.29 is 4.79 Å². The van der Waals surface area contributed by atoms with E-state index in [2.05, 4.69) is 26.3 Å². The number of anilines is 1. The van der Waals surface area contributed by atoms with Crippen LogP contribution in [0.2, 0.25) is 0 Å². The fourth-order valence-electron chi connectivity index (χ4n) is 3.73. The fourth-order valence-corrected chi connectivity index (χ4v) is 3.73. The average molecular weight is 384 g/mol. The van der Waals surface area contributed by atoms with E-state index in [0.29, 0.717) is 12.2 Å². The Hall–Kier alpha value is -3.74. The van der Waals surface area contributed by atoms with E-state index < -0.39 is 0 Å². The third-order valence-electron chi connectivity index (χ3n) is 5.16. The minimum Gasteiger partial charge on any atom is -0.353 e. The Bertz CT molecular complexity index is 1140. The Morgan fingerprint density at radius 1 is 1.03 bits per heavy atom. The molecule has 1 fully saturated rings. The highest BCUT2D eigenvalue weighted by molar-refractivity contribution is 5.92. The summed E-state index contributed by atoms with van der Waals surface area (Å²) in [6, 6.07) is 17.6. The second-order valence-corrected chi connectivity index (χ2v) is 7.10. The number of fused-ring (bicyclic) bond motifs is 1. The van der Waals surface area contributed by atoms with Crippen molar-refractivity contribution in [1.29, 1.82) is 0 Å². The number of carbonyl (C=O) groups is 1. The van der Waals surface area contributed by atoms with Crippen molar-refractivity contribution in [1.82, 2.24) is 24.9 Å². The number of nitrogens with zero attached hydrogens (tertiary/aromatic N) is 5. The number of carbonyl (C=O) groups excluding carboxylic acids is 1. The molecule has 1 aliphatic rings. The van der Waals surface area contributed by atoms with Crippen molar-refractivity contribution >= 4 is 17.2 Å². The van der Waals surface area contributed by atoms with Gasteiger partial charge in [0, 0.05) is 43.3 Å². The lowest BCUT2D eigenvalue weighted by Gasteiger charge is -2.18. The maximum absolute atomic E-state index is 12.4. The summed E-state index contributed by atoms with van der Waals surface area (Å²) in [5.74, 6) is 0.746. The van der Waals surface area contributed by atoms with Crippen LogP contribution in [0.4, 0.5) is 5.82 Å². The number of hydrogen-bond donors (Lipinski definition) is 1. The van der Waals surface area contributed by atoms with Gasteiger partial charge in [-0.3, -0.25) is 9.78 Å². The average Bonchev–Trinajstić information content (AvgIpc) is 3.42. The van der Waals surface area contributed by atoms with Crippen molar-refractivity contribution in [3.05, 3.63) is 78.9 Å². The molecule has 7 nitrogen and oxygen atoms in total. The molecule has 0 saturated carbocycles. The summed E-state index contributed by atoms with van der Waals surface area (Å²) in [6.45, 7) is 1.53. The molecule has 4 heterocycles. The Kier molecular flexibility index (Phi) is 4.40. The van der Waals surface area contributed by atoms with Crippen LogP contribution >= 0.6 is 0 Å². The molecule has 144 valence electrons. The lowest BCUT2D eigenvalue weighted by molar-refractivity contribution is 0.0935. The van der Waals surface area contributed by atoms with Crippen LogP contribution in [0, 0.1) is 0 Å². The van der Waals surface area contributed by atoms with E-state index in [9.17, 15) is 4.79 Å². The SMILES string of the molecule is O=C(N[C@H]1CCN(c2nccn3nc(-c4ccccc4)cc23)C1)c1ccccn1. The van der Waals surface area contributed by atoms with Crippen LogP contribution in [-0.4, -0.2) is 44.6 Å². The summed E-state index contributed by atoms with van der Waals surface area (Å²) >= 11 is 0. The minimum atomic E-state index is -0.140. The van der Waals surface area contributed by atoms with E-state index in [0.717, 1.165) is 35.6 Å². The molecule has 1 aliphatic heterocycles. The molecule has 0 unspecified atom stereocenters. The van der Waals surface area contributed by atoms with Crippen LogP contribution in [0.3, 0.4) is 0 Å². The summed E-state index contributed by atoms with van der Waals surface area (Å²) in [5, 5.41) is 7.77. The predicted octanol–water partition coefficient (Wildman–Crippen LogP) is 2.80. The van der Waals surface area contributed by atoms with E-state index in [1.807, 2.05) is 47.1 Å². The first-order chi connectivity index (χ1) is 14.3. The molecule has 0 bridgehead atoms. The lowest BCUT2D eigenvalue weighted by Crippen LogP contribution is -2.37. The molecular weight excluding hydrogens is 364 g/mol. The molecule has 1 atom stereocenters. The Morgan fingerprint density at radius 2 is 1.90 bits per heavy atom. The first-order valence-corrected chi connectivity index (χ1v) is 9.64. The molecule has 1 amide bonds. The van der Waals surface area contributed by atoms with Crippen LogP contribution < -0.4 is 10.2 Å². The van der Waals surface area contributed by atoms with Gasteiger partial charge in [0.25, 0.3) is 5.91 Å². The van der Waals surface area contributed by atoms with Gasteiger partial charge in [0.1, 0.15) is 11.2 Å². The first kappa shape index (κ1) is 17.4. The van der Waals surface area contributed by atoms with Gasteiger partial charge in [-0.15, -0.1) is 0 Å². The molecule has 1 saturated heterocycles. The van der Waals surface area contributed by atoms with Gasteiger partial charge in [-0.1, -0.05) is 36.4 Å². The van der Waals surface area contributed by atoms with Crippen molar-refractivity contribution in [2.45, 2.75) is 12.5 Å². The predicted molar refractivity (Wildman–Crippen MR) is 111 cm³/mol. The van der Waals surface area contributed by atoms with E-state index in [4.69, 9.17) is 5.10 Å². The zero-order valence-corrected chi connectivity index (χ0v) is 15.8. The van der Waals surface area contributed by atoms with Crippen LogP contribution in [-0.2, 0) is 0 Å². The molecule has 1 aromatic carbocycles. The van der Waals surface area contributed by atoms with E-state index >= 15 is 0 Å². The number of hydrogen-bond acceptors (Lipinski definition) is 5. The number of rotatable bonds is 4. The fraction of sp³-hybridized carbons (Fsp3) is 0.182. The molecule has 0 spiro atoms. The van der Waals surface area contributed by atoms with Crippen LogP contribution in [0.1, 0.15) is 16.9 Å². The second kappa shape index (κ2) is 7.35. The Morgan fingerprint density at radius 3 is 2.72 bits per heavy atom. The second-order valence-electron chi connectivity index (χ2n) is 7.10. The van der Waals surface area contributed by atoms with E-state index in [1.54, 1.807) is 24.5 Å². The number of nitrogens with one attached hydrogen (secondary N) is 1. The van der Waals surface area contributed by atoms with Crippen molar-refractivity contribution in [2.24, 2.45) is 0 Å². The van der Waals surface area contributed by atoms with Crippen LogP contribution in [0.5, 0.6) is 0 Å². The molecule has 1 N–H and O–H groups in total. The Balaban J connectivity index is 1.36. The number of amides is 1. The largest absolute Gasteiger partial charge is 0.353 e. The van der Waals surface area contributed by atoms with Crippen molar-refractivity contribution in [2.75, 3.05) is 18.0 Å². The molecule has 0 radical (unpaired) electrons. The summed E-state index contributed by atoms with van der Waals surface area (Å²) in [7, 11) is 0. The minimum absolute atomic E-state index is 0.0584. The molecular formula is C22H20N6O. The molecule has 3 aromatic heterocycles. The van der Waals surface area contributed by atoms with Crippen LogP contribution in [0.15, 0.2) is 73.2 Å². The zero-order valence-electron chi connectivity index (χ0n) is 15.8. The smallest absolute Gasteiger partial charge is 0.270 e. The maximum Gasteiger partial charge on any atom is 0.270 e. The summed E-state index contributed by atoms with van der Waals surface area (Å²) in [6.07, 6.45) is 6.12. The van der Waals surface area contributed by atoms with Gasteiger partial charge in [0.15, 0.2) is 5.82 Å². The maximum atomic E-state index is 12.4. The van der Waals surface area contributed by atoms with E-state index in [1.165, 1.54) is 0 Å². The van der Waals surface area contributed by atoms with Gasteiger partial charge in [0.05, 0.1) is 5.69 Å². The van der Waals surface area contributed by atoms with Gasteiger partial charge in [-0.05, 0) is 24.6 Å². The highest BCUT2D eigenvalue weighted by Gasteiger charge is 2.27. The van der Waals surface area contributed by atoms with Crippen molar-refractivity contribution in [3.8, 4) is 11.3 Å². The summed E-state index contributed by atoms with van der Waals surface area (Å²) in [5.41, 5.74) is 3.39. The Labute approximate surface area is 168 Å². The van der Waals surface area contributed by atoms with Crippen molar-refractivity contribution in [3.63, 3.8) is 0 Å². The quantitative estimate of drug-likeness (QED) is 0.586. The highest BCUT2D eigenvalue weighted by atomic mass is 16.1. The third-order valence-corrected chi connectivity index (χ3v) is 5.16. The lowest BCUT2D eigenvalue weighted by atomic mass is 10.1. The molecule has 0 aliphatic carbocycles. The molecule has 7 heteroatoms. The number of pyridine rings is 1.